The maximum atomic E-state index is 12.0. The Morgan fingerprint density at radius 1 is 1.00 bits per heavy atom. The second kappa shape index (κ2) is 4.71. The van der Waals surface area contributed by atoms with E-state index in [1.54, 1.807) is 6.08 Å². The molecule has 3 rings (SSSR count). The summed E-state index contributed by atoms with van der Waals surface area (Å²) >= 11 is 0. The molecule has 0 radical (unpaired) electrons. The second-order valence-corrected chi connectivity index (χ2v) is 5.25. The Bertz CT molecular complexity index is 602. The van der Waals surface area contributed by atoms with Gasteiger partial charge in [0, 0.05) is 11.8 Å². The smallest absolute Gasteiger partial charge is 0.318 e. The van der Waals surface area contributed by atoms with Crippen molar-refractivity contribution in [2.24, 2.45) is 17.8 Å². The summed E-state index contributed by atoms with van der Waals surface area (Å²) in [5.41, 5.74) is 0.951. The van der Waals surface area contributed by atoms with E-state index in [0.29, 0.717) is 0 Å². The molecule has 2 aliphatic rings. The number of allylic oxidation sites excluding steroid dienone is 2. The number of hydrogen-bond acceptors (Lipinski definition) is 4. The van der Waals surface area contributed by atoms with Crippen LogP contribution in [0.15, 0.2) is 42.5 Å². The summed E-state index contributed by atoms with van der Waals surface area (Å²) in [6.45, 7) is 1.44. The quantitative estimate of drug-likeness (QED) is 0.467. The largest absolute Gasteiger partial charge is 0.393 e. The first kappa shape index (κ1) is 12.8. The zero-order valence-corrected chi connectivity index (χ0v) is 11.0. The van der Waals surface area contributed by atoms with Crippen molar-refractivity contribution in [1.82, 2.24) is 0 Å². The highest BCUT2D eigenvalue weighted by Crippen LogP contribution is 2.45. The van der Waals surface area contributed by atoms with Gasteiger partial charge in [-0.05, 0) is 12.5 Å². The fourth-order valence-corrected chi connectivity index (χ4v) is 3.13. The zero-order chi connectivity index (χ0) is 14.3. The molecule has 4 nitrogen and oxygen atoms in total. The Balaban J connectivity index is 2.06. The van der Waals surface area contributed by atoms with Gasteiger partial charge in [-0.15, -0.1) is 0 Å². The van der Waals surface area contributed by atoms with Crippen LogP contribution in [0.4, 0.5) is 0 Å². The molecule has 0 aromatic heterocycles. The molecule has 20 heavy (non-hydrogen) atoms. The van der Waals surface area contributed by atoms with Crippen molar-refractivity contribution in [1.29, 1.82) is 0 Å². The molecular formula is C16H14O4. The molecule has 1 saturated heterocycles. The maximum Gasteiger partial charge on any atom is 0.318 e. The van der Waals surface area contributed by atoms with Crippen molar-refractivity contribution >= 4 is 17.7 Å². The number of carbonyl (C=O) groups excluding carboxylic acids is 3. The molecule has 1 aliphatic heterocycles. The molecule has 0 unspecified atom stereocenters. The highest BCUT2D eigenvalue weighted by Gasteiger charge is 2.53. The van der Waals surface area contributed by atoms with Gasteiger partial charge in [-0.2, -0.15) is 0 Å². The van der Waals surface area contributed by atoms with Crippen LogP contribution in [0.1, 0.15) is 18.4 Å². The SMILES string of the molecule is CC(=O)[C@@H]1C=C[C@H](c2ccccc2)[C@@H]2C(=O)OC(=O)[C@@H]21. The molecule has 102 valence electrons. The van der Waals surface area contributed by atoms with Crippen molar-refractivity contribution in [2.75, 3.05) is 0 Å². The highest BCUT2D eigenvalue weighted by atomic mass is 16.6. The van der Waals surface area contributed by atoms with E-state index in [4.69, 9.17) is 4.74 Å². The van der Waals surface area contributed by atoms with Crippen LogP contribution in [0.2, 0.25) is 0 Å². The molecule has 0 saturated carbocycles. The predicted octanol–water partition coefficient (Wildman–Crippen LogP) is 1.86. The lowest BCUT2D eigenvalue weighted by Gasteiger charge is -2.29. The first-order valence-electron chi connectivity index (χ1n) is 6.59. The lowest BCUT2D eigenvalue weighted by molar-refractivity contribution is -0.154. The molecule has 1 fully saturated rings. The van der Waals surface area contributed by atoms with Gasteiger partial charge in [0.2, 0.25) is 0 Å². The third-order valence-electron chi connectivity index (χ3n) is 4.09. The number of esters is 2. The average Bonchev–Trinajstić information content (AvgIpc) is 2.75. The molecule has 4 heteroatoms. The molecule has 4 atom stereocenters. The average molecular weight is 270 g/mol. The minimum Gasteiger partial charge on any atom is -0.393 e. The summed E-state index contributed by atoms with van der Waals surface area (Å²) in [4.78, 5) is 35.5. The number of hydrogen-bond donors (Lipinski definition) is 0. The summed E-state index contributed by atoms with van der Waals surface area (Å²) in [6.07, 6.45) is 3.59. The lowest BCUT2D eigenvalue weighted by Crippen LogP contribution is -2.35. The minimum atomic E-state index is -0.685. The number of Topliss-reactive ketones (excluding diaryl/α,β-unsaturated/α-hetero) is 1. The Kier molecular flexibility index (Phi) is 3.01. The Morgan fingerprint density at radius 2 is 1.65 bits per heavy atom. The van der Waals surface area contributed by atoms with Crippen LogP contribution in [-0.4, -0.2) is 17.7 Å². The topological polar surface area (TPSA) is 60.4 Å². The molecule has 1 aromatic rings. The Morgan fingerprint density at radius 3 is 2.30 bits per heavy atom. The summed E-state index contributed by atoms with van der Waals surface area (Å²) in [5.74, 6) is -3.27. The Hall–Kier alpha value is -2.23. The number of cyclic esters (lactones) is 2. The number of carbonyl (C=O) groups is 3. The number of benzene rings is 1. The van der Waals surface area contributed by atoms with Crippen molar-refractivity contribution in [3.63, 3.8) is 0 Å². The van der Waals surface area contributed by atoms with Crippen LogP contribution in [0.3, 0.4) is 0 Å². The van der Waals surface area contributed by atoms with Gasteiger partial charge >= 0.3 is 11.9 Å². The van der Waals surface area contributed by atoms with Gasteiger partial charge in [-0.3, -0.25) is 14.4 Å². The van der Waals surface area contributed by atoms with E-state index >= 15 is 0 Å². The molecule has 1 aromatic carbocycles. The van der Waals surface area contributed by atoms with Crippen LogP contribution in [0.5, 0.6) is 0 Å². The van der Waals surface area contributed by atoms with E-state index in [-0.39, 0.29) is 11.7 Å². The van der Waals surface area contributed by atoms with Crippen molar-refractivity contribution < 1.29 is 19.1 Å². The summed E-state index contributed by atoms with van der Waals surface area (Å²) in [5, 5.41) is 0. The van der Waals surface area contributed by atoms with Crippen LogP contribution in [0, 0.1) is 17.8 Å². The highest BCUT2D eigenvalue weighted by molar-refractivity contribution is 6.01. The summed E-state index contributed by atoms with van der Waals surface area (Å²) < 4.78 is 4.77. The Labute approximate surface area is 116 Å². The van der Waals surface area contributed by atoms with Crippen LogP contribution < -0.4 is 0 Å². The van der Waals surface area contributed by atoms with Crippen LogP contribution in [-0.2, 0) is 19.1 Å². The van der Waals surface area contributed by atoms with Gasteiger partial charge in [-0.25, -0.2) is 0 Å². The van der Waals surface area contributed by atoms with Gasteiger partial charge in [-0.1, -0.05) is 42.5 Å². The van der Waals surface area contributed by atoms with Crippen molar-refractivity contribution in [3.8, 4) is 0 Å². The number of rotatable bonds is 2. The van der Waals surface area contributed by atoms with E-state index in [1.165, 1.54) is 6.92 Å². The first-order valence-corrected chi connectivity index (χ1v) is 6.59. The van der Waals surface area contributed by atoms with Gasteiger partial charge < -0.3 is 4.74 Å². The van der Waals surface area contributed by atoms with Gasteiger partial charge in [0.1, 0.15) is 5.78 Å². The monoisotopic (exact) mass is 270 g/mol. The van der Waals surface area contributed by atoms with Crippen LogP contribution in [0.25, 0.3) is 0 Å². The van der Waals surface area contributed by atoms with Crippen LogP contribution >= 0.6 is 0 Å². The molecule has 1 aliphatic carbocycles. The van der Waals surface area contributed by atoms with Crippen molar-refractivity contribution in [2.45, 2.75) is 12.8 Å². The molecule has 0 amide bonds. The molecule has 0 spiro atoms. The van der Waals surface area contributed by atoms with Crippen molar-refractivity contribution in [3.05, 3.63) is 48.0 Å². The number of ketones is 1. The van der Waals surface area contributed by atoms with Gasteiger partial charge in [0.25, 0.3) is 0 Å². The predicted molar refractivity (Wildman–Crippen MR) is 70.6 cm³/mol. The first-order chi connectivity index (χ1) is 9.59. The van der Waals surface area contributed by atoms with E-state index in [9.17, 15) is 14.4 Å². The fourth-order valence-electron chi connectivity index (χ4n) is 3.13. The second-order valence-electron chi connectivity index (χ2n) is 5.25. The maximum absolute atomic E-state index is 12.0. The summed E-state index contributed by atoms with van der Waals surface area (Å²) in [6, 6.07) is 9.49. The summed E-state index contributed by atoms with van der Waals surface area (Å²) in [7, 11) is 0. The normalized spacial score (nSPS) is 31.9. The molecular weight excluding hydrogens is 256 g/mol. The van der Waals surface area contributed by atoms with E-state index in [0.717, 1.165) is 5.56 Å². The number of ether oxygens (including phenoxy) is 1. The molecule has 1 heterocycles. The van der Waals surface area contributed by atoms with E-state index < -0.39 is 29.7 Å². The van der Waals surface area contributed by atoms with E-state index in [2.05, 4.69) is 0 Å². The third-order valence-corrected chi connectivity index (χ3v) is 4.09. The molecule has 0 bridgehead atoms. The standard InChI is InChI=1S/C16H14O4/c1-9(17)11-7-8-12(10-5-3-2-4-6-10)14-13(11)15(18)20-16(14)19/h2-8,11-14H,1H3/t11-,12+,13+,14-/m0/s1. The third kappa shape index (κ3) is 1.88. The number of fused-ring (bicyclic) bond motifs is 1. The minimum absolute atomic E-state index is 0.116. The van der Waals surface area contributed by atoms with Gasteiger partial charge in [0.05, 0.1) is 11.8 Å². The van der Waals surface area contributed by atoms with E-state index in [1.807, 2.05) is 36.4 Å². The lowest BCUT2D eigenvalue weighted by atomic mass is 9.68. The fraction of sp³-hybridized carbons (Fsp3) is 0.312. The molecule has 0 N–H and O–H groups in total. The zero-order valence-electron chi connectivity index (χ0n) is 11.0. The van der Waals surface area contributed by atoms with Gasteiger partial charge in [0.15, 0.2) is 0 Å².